The number of likely N-dealkylation sites (tertiary alicyclic amines) is 1. The maximum atomic E-state index is 12.5. The molecule has 0 radical (unpaired) electrons. The average molecular weight is 616 g/mol. The molecule has 45 heavy (non-hydrogen) atoms. The number of piperidine rings is 1. The maximum absolute atomic E-state index is 12.5. The third-order valence-electron chi connectivity index (χ3n) is 7.76. The predicted molar refractivity (Wildman–Crippen MR) is 177 cm³/mol. The number of benzene rings is 2. The van der Waals surface area contributed by atoms with Crippen LogP contribution in [0.5, 0.6) is 11.5 Å². The number of carbonyl (C=O) groups excluding carboxylic acids is 1. The van der Waals surface area contributed by atoms with Crippen molar-refractivity contribution < 1.29 is 19.0 Å². The van der Waals surface area contributed by atoms with Crippen LogP contribution in [0.2, 0.25) is 0 Å². The molecule has 0 bridgehead atoms. The van der Waals surface area contributed by atoms with Gasteiger partial charge in [0.1, 0.15) is 17.1 Å². The molecule has 0 saturated carbocycles. The Balaban J connectivity index is 1.37. The van der Waals surface area contributed by atoms with E-state index in [2.05, 4.69) is 41.3 Å². The van der Waals surface area contributed by atoms with Crippen molar-refractivity contribution in [3.05, 3.63) is 55.0 Å². The topological polar surface area (TPSA) is 107 Å². The van der Waals surface area contributed by atoms with Gasteiger partial charge in [-0.3, -0.25) is 9.67 Å². The number of carbonyl (C=O) groups is 1. The first-order valence-electron chi connectivity index (χ1n) is 15.6. The number of rotatable bonds is 10. The molecule has 4 aromatic rings. The van der Waals surface area contributed by atoms with Crippen LogP contribution in [0.1, 0.15) is 53.5 Å². The van der Waals surface area contributed by atoms with Crippen molar-refractivity contribution in [1.29, 1.82) is 0 Å². The van der Waals surface area contributed by atoms with Crippen molar-refractivity contribution in [1.82, 2.24) is 30.0 Å². The Morgan fingerprint density at radius 3 is 2.36 bits per heavy atom. The minimum Gasteiger partial charge on any atom is -0.497 e. The second-order valence-corrected chi connectivity index (χ2v) is 12.7. The molecule has 11 nitrogen and oxygen atoms in total. The van der Waals surface area contributed by atoms with Gasteiger partial charge >= 0.3 is 6.09 Å². The van der Waals surface area contributed by atoms with Crippen LogP contribution in [0.3, 0.4) is 0 Å². The molecule has 0 atom stereocenters. The number of nitrogens with zero attached hydrogens (tertiary/aromatic N) is 6. The normalized spacial score (nSPS) is 14.2. The van der Waals surface area contributed by atoms with E-state index in [0.29, 0.717) is 19.1 Å². The van der Waals surface area contributed by atoms with E-state index in [1.165, 1.54) is 0 Å². The molecule has 1 N–H and O–H groups in total. The molecule has 1 aliphatic heterocycles. The van der Waals surface area contributed by atoms with Crippen LogP contribution >= 0.6 is 0 Å². The molecule has 11 heteroatoms. The zero-order valence-electron chi connectivity index (χ0n) is 27.4. The first-order chi connectivity index (χ1) is 21.5. The Morgan fingerprint density at radius 1 is 1.00 bits per heavy atom. The molecule has 1 fully saturated rings. The number of amides is 1. The Bertz CT molecular complexity index is 1580. The van der Waals surface area contributed by atoms with E-state index < -0.39 is 5.60 Å². The average Bonchev–Trinajstić information content (AvgIpc) is 3.52. The minimum atomic E-state index is -0.502. The zero-order valence-corrected chi connectivity index (χ0v) is 27.4. The lowest BCUT2D eigenvalue weighted by Crippen LogP contribution is -2.42. The summed E-state index contributed by atoms with van der Waals surface area (Å²) in [5.74, 6) is 1.45. The van der Waals surface area contributed by atoms with Gasteiger partial charge in [-0.05, 0) is 51.8 Å². The second-order valence-electron chi connectivity index (χ2n) is 12.7. The van der Waals surface area contributed by atoms with Crippen LogP contribution in [0.15, 0.2) is 55.0 Å². The van der Waals surface area contributed by atoms with E-state index in [0.717, 1.165) is 71.1 Å². The first kappa shape index (κ1) is 32.0. The Labute approximate surface area is 265 Å². The summed E-state index contributed by atoms with van der Waals surface area (Å²) in [4.78, 5) is 26.2. The van der Waals surface area contributed by atoms with E-state index in [1.807, 2.05) is 62.1 Å². The first-order valence-corrected chi connectivity index (χ1v) is 15.6. The summed E-state index contributed by atoms with van der Waals surface area (Å²) >= 11 is 0. The minimum absolute atomic E-state index is 0.199. The number of hydrogen-bond acceptors (Lipinski definition) is 9. The van der Waals surface area contributed by atoms with E-state index >= 15 is 0 Å². The molecule has 240 valence electrons. The van der Waals surface area contributed by atoms with Gasteiger partial charge in [-0.2, -0.15) is 5.10 Å². The van der Waals surface area contributed by atoms with Crippen LogP contribution in [-0.4, -0.2) is 82.8 Å². The number of nitrogens with one attached hydrogen (secondary N) is 1. The monoisotopic (exact) mass is 615 g/mol. The van der Waals surface area contributed by atoms with Gasteiger partial charge in [0.2, 0.25) is 0 Å². The molecule has 2 aromatic carbocycles. The Hall–Kier alpha value is -4.38. The number of anilines is 2. The fourth-order valence-corrected chi connectivity index (χ4v) is 5.44. The molecular formula is C34H45N7O4. The van der Waals surface area contributed by atoms with E-state index in [-0.39, 0.29) is 12.1 Å². The number of hydrogen-bond donors (Lipinski definition) is 1. The van der Waals surface area contributed by atoms with Gasteiger partial charge in [-0.1, -0.05) is 13.8 Å². The SMILES string of the molecule is COc1cc(OC)cc(N(CCNC(C)C)c2ccc3ncc(-c4cnn(C5CCN(C(=O)OC(C)(C)C)CC5)c4)nc3c2)c1. The zero-order chi connectivity index (χ0) is 32.1. The van der Waals surface area contributed by atoms with Crippen LogP contribution < -0.4 is 19.7 Å². The smallest absolute Gasteiger partial charge is 0.410 e. The lowest BCUT2D eigenvalue weighted by Gasteiger charge is -2.33. The summed E-state index contributed by atoms with van der Waals surface area (Å²) in [6, 6.07) is 12.6. The van der Waals surface area contributed by atoms with Gasteiger partial charge in [-0.15, -0.1) is 0 Å². The summed E-state index contributed by atoms with van der Waals surface area (Å²) < 4.78 is 18.7. The molecule has 1 aliphatic rings. The van der Waals surface area contributed by atoms with Crippen LogP contribution in [-0.2, 0) is 4.74 Å². The van der Waals surface area contributed by atoms with E-state index in [9.17, 15) is 4.79 Å². The molecule has 0 unspecified atom stereocenters. The van der Waals surface area contributed by atoms with Crippen molar-refractivity contribution >= 4 is 28.5 Å². The van der Waals surface area contributed by atoms with Crippen molar-refractivity contribution in [2.24, 2.45) is 0 Å². The highest BCUT2D eigenvalue weighted by atomic mass is 16.6. The van der Waals surface area contributed by atoms with Crippen molar-refractivity contribution in [3.63, 3.8) is 0 Å². The molecule has 0 aliphatic carbocycles. The fraction of sp³-hybridized carbons (Fsp3) is 0.471. The lowest BCUT2D eigenvalue weighted by atomic mass is 10.1. The molecule has 3 heterocycles. The predicted octanol–water partition coefficient (Wildman–Crippen LogP) is 6.22. The van der Waals surface area contributed by atoms with Crippen molar-refractivity contribution in [3.8, 4) is 22.8 Å². The fourth-order valence-electron chi connectivity index (χ4n) is 5.44. The third-order valence-corrected chi connectivity index (χ3v) is 7.76. The molecular weight excluding hydrogens is 570 g/mol. The Morgan fingerprint density at radius 2 is 1.71 bits per heavy atom. The van der Waals surface area contributed by atoms with Gasteiger partial charge in [0.05, 0.1) is 49.4 Å². The summed E-state index contributed by atoms with van der Waals surface area (Å²) in [5.41, 5.74) is 4.71. The van der Waals surface area contributed by atoms with Gasteiger partial charge in [0, 0.05) is 73.6 Å². The quantitative estimate of drug-likeness (QED) is 0.223. The van der Waals surface area contributed by atoms with Gasteiger partial charge in [-0.25, -0.2) is 9.78 Å². The van der Waals surface area contributed by atoms with Crippen LogP contribution in [0.25, 0.3) is 22.3 Å². The summed E-state index contributed by atoms with van der Waals surface area (Å²) in [6.45, 7) is 12.7. The summed E-state index contributed by atoms with van der Waals surface area (Å²) in [7, 11) is 3.32. The van der Waals surface area contributed by atoms with Gasteiger partial charge < -0.3 is 29.3 Å². The molecule has 5 rings (SSSR count). The molecule has 2 aromatic heterocycles. The van der Waals surface area contributed by atoms with Crippen LogP contribution in [0, 0.1) is 0 Å². The number of ether oxygens (including phenoxy) is 3. The highest BCUT2D eigenvalue weighted by molar-refractivity contribution is 5.82. The second kappa shape index (κ2) is 13.7. The molecule has 1 amide bonds. The van der Waals surface area contributed by atoms with Crippen LogP contribution in [0.4, 0.5) is 16.2 Å². The van der Waals surface area contributed by atoms with Crippen molar-refractivity contribution in [2.75, 3.05) is 45.3 Å². The highest BCUT2D eigenvalue weighted by Crippen LogP contribution is 2.34. The lowest BCUT2D eigenvalue weighted by molar-refractivity contribution is 0.0185. The van der Waals surface area contributed by atoms with E-state index in [1.54, 1.807) is 25.3 Å². The maximum Gasteiger partial charge on any atom is 0.410 e. The highest BCUT2D eigenvalue weighted by Gasteiger charge is 2.28. The van der Waals surface area contributed by atoms with Gasteiger partial charge in [0.25, 0.3) is 0 Å². The van der Waals surface area contributed by atoms with E-state index in [4.69, 9.17) is 24.2 Å². The number of fused-ring (bicyclic) bond motifs is 1. The largest absolute Gasteiger partial charge is 0.497 e. The third kappa shape index (κ3) is 8.02. The summed E-state index contributed by atoms with van der Waals surface area (Å²) in [6.07, 6.45) is 7.03. The molecule has 0 spiro atoms. The number of methoxy groups -OCH3 is 2. The number of aromatic nitrogens is 4. The standard InChI is InChI=1S/C34H45N7O4/c1-23(2)35-12-15-40(27-16-28(43-6)19-29(17-27)44-7)26-8-9-30-31(18-26)38-32(21-36-30)24-20-37-41(22-24)25-10-13-39(14-11-25)33(42)45-34(3,4)5/h8-9,16-23,25,35H,10-15H2,1-7H3. The Kier molecular flexibility index (Phi) is 9.77. The van der Waals surface area contributed by atoms with Crippen molar-refractivity contribution in [2.45, 2.75) is 65.1 Å². The van der Waals surface area contributed by atoms with Gasteiger partial charge in [0.15, 0.2) is 0 Å². The summed E-state index contributed by atoms with van der Waals surface area (Å²) in [5, 5.41) is 8.19. The molecule has 1 saturated heterocycles.